The summed E-state index contributed by atoms with van der Waals surface area (Å²) in [4.78, 5) is 0. The lowest BCUT2D eigenvalue weighted by atomic mass is 10.2. The van der Waals surface area contributed by atoms with Crippen molar-refractivity contribution in [3.05, 3.63) is 0 Å². The first-order valence-electron chi connectivity index (χ1n) is 4.53. The van der Waals surface area contributed by atoms with Gasteiger partial charge in [0.15, 0.2) is 0 Å². The number of unbranched alkanes of at least 4 members (excludes halogenated alkanes) is 2. The standard InChI is InChI=1S/C8H15BrF3NS/c9-4-2-1-3-5-13-6-7-14-8(10,11)12/h13H,1-7H2. The maximum absolute atomic E-state index is 11.7. The molecular weight excluding hydrogens is 279 g/mol. The van der Waals surface area contributed by atoms with E-state index in [1.807, 2.05) is 0 Å². The Kier molecular flexibility index (Phi) is 9.22. The molecule has 0 aromatic carbocycles. The molecule has 0 spiro atoms. The lowest BCUT2D eigenvalue weighted by Gasteiger charge is -2.06. The Hall–Kier alpha value is 0.580. The molecule has 0 fully saturated rings. The molecule has 0 aliphatic rings. The monoisotopic (exact) mass is 293 g/mol. The molecule has 0 aliphatic heterocycles. The van der Waals surface area contributed by atoms with E-state index in [9.17, 15) is 13.2 Å². The predicted molar refractivity (Wildman–Crippen MR) is 59.0 cm³/mol. The van der Waals surface area contributed by atoms with Gasteiger partial charge in [0.1, 0.15) is 0 Å². The van der Waals surface area contributed by atoms with Crippen LogP contribution in [-0.4, -0.2) is 29.7 Å². The van der Waals surface area contributed by atoms with E-state index >= 15 is 0 Å². The van der Waals surface area contributed by atoms with Crippen LogP contribution in [0.1, 0.15) is 19.3 Å². The summed E-state index contributed by atoms with van der Waals surface area (Å²) >= 11 is 3.35. The van der Waals surface area contributed by atoms with Gasteiger partial charge in [0.25, 0.3) is 0 Å². The Morgan fingerprint density at radius 3 is 2.36 bits per heavy atom. The highest BCUT2D eigenvalue weighted by Gasteiger charge is 2.27. The predicted octanol–water partition coefficient (Wildman–Crippen LogP) is 3.39. The van der Waals surface area contributed by atoms with Crippen LogP contribution >= 0.6 is 27.7 Å². The highest BCUT2D eigenvalue weighted by molar-refractivity contribution is 9.09. The molecule has 1 nitrogen and oxygen atoms in total. The van der Waals surface area contributed by atoms with Gasteiger partial charge in [-0.2, -0.15) is 13.2 Å². The summed E-state index contributed by atoms with van der Waals surface area (Å²) in [5, 5.41) is 3.98. The number of alkyl halides is 4. The summed E-state index contributed by atoms with van der Waals surface area (Å²) in [5.41, 5.74) is -4.09. The molecule has 0 radical (unpaired) electrons. The molecule has 0 saturated carbocycles. The minimum Gasteiger partial charge on any atom is -0.316 e. The van der Waals surface area contributed by atoms with Crippen molar-refractivity contribution >= 4 is 27.7 Å². The van der Waals surface area contributed by atoms with E-state index in [0.717, 1.165) is 31.1 Å². The Morgan fingerprint density at radius 1 is 1.07 bits per heavy atom. The van der Waals surface area contributed by atoms with Crippen LogP contribution in [0.25, 0.3) is 0 Å². The minimum absolute atomic E-state index is 0.0319. The summed E-state index contributed by atoms with van der Waals surface area (Å²) in [6, 6.07) is 0. The topological polar surface area (TPSA) is 12.0 Å². The molecule has 86 valence electrons. The van der Waals surface area contributed by atoms with Gasteiger partial charge in [-0.3, -0.25) is 0 Å². The first-order chi connectivity index (χ1) is 6.56. The molecule has 0 amide bonds. The van der Waals surface area contributed by atoms with E-state index in [-0.39, 0.29) is 17.5 Å². The van der Waals surface area contributed by atoms with Crippen molar-refractivity contribution in [1.29, 1.82) is 0 Å². The molecule has 0 aliphatic carbocycles. The molecule has 0 unspecified atom stereocenters. The molecule has 0 bridgehead atoms. The molecule has 0 aromatic rings. The molecular formula is C8H15BrF3NS. The SMILES string of the molecule is FC(F)(F)SCCNCCCCCBr. The zero-order valence-electron chi connectivity index (χ0n) is 7.87. The third-order valence-corrected chi connectivity index (χ3v) is 2.83. The number of hydrogen-bond acceptors (Lipinski definition) is 2. The molecule has 0 saturated heterocycles. The Labute approximate surface area is 95.3 Å². The van der Waals surface area contributed by atoms with E-state index in [1.54, 1.807) is 0 Å². The van der Waals surface area contributed by atoms with Gasteiger partial charge in [-0.1, -0.05) is 22.4 Å². The van der Waals surface area contributed by atoms with Crippen LogP contribution < -0.4 is 5.32 Å². The van der Waals surface area contributed by atoms with Gasteiger partial charge in [0.2, 0.25) is 0 Å². The van der Waals surface area contributed by atoms with E-state index in [1.165, 1.54) is 0 Å². The second kappa shape index (κ2) is 8.85. The molecule has 0 rings (SSSR count). The highest BCUT2D eigenvalue weighted by atomic mass is 79.9. The summed E-state index contributed by atoms with van der Waals surface area (Å²) in [7, 11) is 0. The van der Waals surface area contributed by atoms with Gasteiger partial charge in [-0.15, -0.1) is 0 Å². The summed E-state index contributed by atoms with van der Waals surface area (Å²) in [5.74, 6) is 0.0992. The summed E-state index contributed by atoms with van der Waals surface area (Å²) in [6.07, 6.45) is 3.27. The van der Waals surface area contributed by atoms with Crippen LogP contribution in [0, 0.1) is 0 Å². The van der Waals surface area contributed by atoms with Crippen LogP contribution in [0.5, 0.6) is 0 Å². The first kappa shape index (κ1) is 14.6. The second-order valence-corrected chi connectivity index (χ2v) is 4.75. The minimum atomic E-state index is -4.09. The highest BCUT2D eigenvalue weighted by Crippen LogP contribution is 2.29. The van der Waals surface area contributed by atoms with Crippen LogP contribution in [0.4, 0.5) is 13.2 Å². The summed E-state index contributed by atoms with van der Waals surface area (Å²) in [6.45, 7) is 1.24. The molecule has 0 heterocycles. The van der Waals surface area contributed by atoms with Gasteiger partial charge in [-0.05, 0) is 31.1 Å². The van der Waals surface area contributed by atoms with Gasteiger partial charge >= 0.3 is 5.51 Å². The van der Waals surface area contributed by atoms with Crippen molar-refractivity contribution in [2.45, 2.75) is 24.8 Å². The van der Waals surface area contributed by atoms with Gasteiger partial charge in [0, 0.05) is 17.6 Å². The largest absolute Gasteiger partial charge is 0.441 e. The Morgan fingerprint density at radius 2 is 1.79 bits per heavy atom. The van der Waals surface area contributed by atoms with E-state index in [0.29, 0.717) is 6.54 Å². The third kappa shape index (κ3) is 12.6. The van der Waals surface area contributed by atoms with Crippen LogP contribution in [0.3, 0.4) is 0 Å². The molecule has 1 N–H and O–H groups in total. The number of hydrogen-bond donors (Lipinski definition) is 1. The smallest absolute Gasteiger partial charge is 0.316 e. The molecule has 0 atom stereocenters. The van der Waals surface area contributed by atoms with Crippen LogP contribution in [-0.2, 0) is 0 Å². The lowest BCUT2D eigenvalue weighted by Crippen LogP contribution is -2.19. The fraction of sp³-hybridized carbons (Fsp3) is 1.00. The van der Waals surface area contributed by atoms with E-state index in [2.05, 4.69) is 21.2 Å². The lowest BCUT2D eigenvalue weighted by molar-refractivity contribution is -0.0327. The number of thioether (sulfide) groups is 1. The number of rotatable bonds is 8. The van der Waals surface area contributed by atoms with Gasteiger partial charge in [0.05, 0.1) is 0 Å². The van der Waals surface area contributed by atoms with E-state index < -0.39 is 5.51 Å². The van der Waals surface area contributed by atoms with Crippen molar-refractivity contribution in [3.63, 3.8) is 0 Å². The quantitative estimate of drug-likeness (QED) is 0.544. The van der Waals surface area contributed by atoms with Crippen molar-refractivity contribution in [3.8, 4) is 0 Å². The van der Waals surface area contributed by atoms with E-state index in [4.69, 9.17) is 0 Å². The maximum atomic E-state index is 11.7. The van der Waals surface area contributed by atoms with Crippen molar-refractivity contribution in [2.24, 2.45) is 0 Å². The first-order valence-corrected chi connectivity index (χ1v) is 6.64. The van der Waals surface area contributed by atoms with Crippen LogP contribution in [0.15, 0.2) is 0 Å². The number of nitrogens with one attached hydrogen (secondary N) is 1. The van der Waals surface area contributed by atoms with Gasteiger partial charge < -0.3 is 5.32 Å². The van der Waals surface area contributed by atoms with Crippen molar-refractivity contribution in [1.82, 2.24) is 5.32 Å². The molecule has 14 heavy (non-hydrogen) atoms. The Bertz CT molecular complexity index is 132. The molecule has 0 aromatic heterocycles. The van der Waals surface area contributed by atoms with Crippen molar-refractivity contribution < 1.29 is 13.2 Å². The average molecular weight is 294 g/mol. The fourth-order valence-corrected chi connectivity index (χ4v) is 1.76. The average Bonchev–Trinajstić information content (AvgIpc) is 2.08. The Balaban J connectivity index is 2.99. The number of halogens is 4. The second-order valence-electron chi connectivity index (χ2n) is 2.79. The molecule has 6 heteroatoms. The van der Waals surface area contributed by atoms with Crippen LogP contribution in [0.2, 0.25) is 0 Å². The maximum Gasteiger partial charge on any atom is 0.441 e. The summed E-state index contributed by atoms with van der Waals surface area (Å²) < 4.78 is 35.0. The normalized spacial score (nSPS) is 12.0. The zero-order valence-corrected chi connectivity index (χ0v) is 10.3. The zero-order chi connectivity index (χ0) is 10.9. The van der Waals surface area contributed by atoms with Crippen molar-refractivity contribution in [2.75, 3.05) is 24.2 Å². The third-order valence-electron chi connectivity index (χ3n) is 1.53. The van der Waals surface area contributed by atoms with Gasteiger partial charge in [-0.25, -0.2) is 0 Å². The fourth-order valence-electron chi connectivity index (χ4n) is 0.885.